The van der Waals surface area contributed by atoms with E-state index < -0.39 is 17.6 Å². The molecular weight excluding hydrogens is 445 g/mol. The number of carbonyl (C=O) groups is 2. The number of carbonyl (C=O) groups excluding carboxylic acids is 2. The molecule has 0 unspecified atom stereocenters. The van der Waals surface area contributed by atoms with Crippen LogP contribution in [0.4, 0.5) is 13.2 Å². The second kappa shape index (κ2) is 7.93. The number of imidazole rings is 1. The minimum atomic E-state index is -4.62. The van der Waals surface area contributed by atoms with Crippen molar-refractivity contribution in [2.24, 2.45) is 0 Å². The fourth-order valence-corrected chi connectivity index (χ4v) is 5.16. The largest absolute Gasteiger partial charge is 0.419 e. The monoisotopic (exact) mass is 468 g/mol. The van der Waals surface area contributed by atoms with E-state index in [1.807, 2.05) is 4.90 Å². The fourth-order valence-electron chi connectivity index (χ4n) is 4.91. The quantitative estimate of drug-likeness (QED) is 0.666. The zero-order valence-electron chi connectivity index (χ0n) is 17.5. The highest BCUT2D eigenvalue weighted by molar-refractivity contribution is 6.33. The van der Waals surface area contributed by atoms with E-state index in [4.69, 9.17) is 11.6 Å². The van der Waals surface area contributed by atoms with Gasteiger partial charge in [0, 0.05) is 25.3 Å². The van der Waals surface area contributed by atoms with Crippen LogP contribution in [0.5, 0.6) is 0 Å². The number of hydrogen-bond acceptors (Lipinski definition) is 3. The van der Waals surface area contributed by atoms with Gasteiger partial charge in [0.05, 0.1) is 5.56 Å². The SMILES string of the molecule is O=C(c1nc2c(C(F)(F)F)cc(C3CC3)cn2c1Cl)N1CCN(C2CCCCC2)C(=O)C1. The van der Waals surface area contributed by atoms with Crippen molar-refractivity contribution in [1.82, 2.24) is 19.2 Å². The molecule has 0 N–H and O–H groups in total. The summed E-state index contributed by atoms with van der Waals surface area (Å²) < 4.78 is 42.3. The maximum absolute atomic E-state index is 13.7. The van der Waals surface area contributed by atoms with Gasteiger partial charge in [0.1, 0.15) is 11.7 Å². The molecule has 2 aromatic rings. The van der Waals surface area contributed by atoms with Crippen LogP contribution in [0.1, 0.15) is 72.5 Å². The Hall–Kier alpha value is -2.29. The van der Waals surface area contributed by atoms with E-state index in [-0.39, 0.29) is 40.9 Å². The van der Waals surface area contributed by atoms with Crippen LogP contribution in [-0.4, -0.2) is 56.7 Å². The molecule has 0 radical (unpaired) electrons. The predicted molar refractivity (Wildman–Crippen MR) is 112 cm³/mol. The average molecular weight is 469 g/mol. The van der Waals surface area contributed by atoms with E-state index in [0.29, 0.717) is 18.7 Å². The van der Waals surface area contributed by atoms with Crippen LogP contribution in [0.2, 0.25) is 5.15 Å². The molecular formula is C22H24ClF3N4O2. The lowest BCUT2D eigenvalue weighted by Crippen LogP contribution is -2.55. The van der Waals surface area contributed by atoms with E-state index in [1.54, 1.807) is 6.20 Å². The molecule has 172 valence electrons. The number of alkyl halides is 3. The molecule has 2 aromatic heterocycles. The van der Waals surface area contributed by atoms with E-state index in [9.17, 15) is 22.8 Å². The molecule has 2 amide bonds. The van der Waals surface area contributed by atoms with E-state index in [1.165, 1.54) is 11.3 Å². The number of rotatable bonds is 3. The number of pyridine rings is 1. The van der Waals surface area contributed by atoms with Crippen LogP contribution >= 0.6 is 11.6 Å². The summed E-state index contributed by atoms with van der Waals surface area (Å²) >= 11 is 6.37. The van der Waals surface area contributed by atoms with Gasteiger partial charge in [-0.05, 0) is 43.2 Å². The molecule has 3 fully saturated rings. The van der Waals surface area contributed by atoms with Crippen LogP contribution < -0.4 is 0 Å². The van der Waals surface area contributed by atoms with Crippen molar-refractivity contribution in [2.75, 3.05) is 19.6 Å². The van der Waals surface area contributed by atoms with Crippen LogP contribution in [0.15, 0.2) is 12.3 Å². The predicted octanol–water partition coefficient (Wildman–Crippen LogP) is 4.50. The van der Waals surface area contributed by atoms with E-state index in [2.05, 4.69) is 4.98 Å². The highest BCUT2D eigenvalue weighted by atomic mass is 35.5. The van der Waals surface area contributed by atoms with Crippen molar-refractivity contribution < 1.29 is 22.8 Å². The molecule has 1 aliphatic heterocycles. The summed E-state index contributed by atoms with van der Waals surface area (Å²) in [7, 11) is 0. The zero-order chi connectivity index (χ0) is 22.6. The number of hydrogen-bond donors (Lipinski definition) is 0. The van der Waals surface area contributed by atoms with Gasteiger partial charge >= 0.3 is 6.18 Å². The highest BCUT2D eigenvalue weighted by Gasteiger charge is 2.39. The first-order valence-electron chi connectivity index (χ1n) is 11.1. The molecule has 32 heavy (non-hydrogen) atoms. The Bertz CT molecular complexity index is 1070. The van der Waals surface area contributed by atoms with Gasteiger partial charge in [-0.3, -0.25) is 14.0 Å². The molecule has 3 aliphatic rings. The van der Waals surface area contributed by atoms with Crippen LogP contribution in [0, 0.1) is 0 Å². The van der Waals surface area contributed by atoms with Crippen molar-refractivity contribution in [3.63, 3.8) is 0 Å². The topological polar surface area (TPSA) is 57.9 Å². The summed E-state index contributed by atoms with van der Waals surface area (Å²) in [4.78, 5) is 33.0. The molecule has 0 aromatic carbocycles. The Morgan fingerprint density at radius 1 is 1.09 bits per heavy atom. The summed E-state index contributed by atoms with van der Waals surface area (Å²) in [5.41, 5.74) is -0.994. The Morgan fingerprint density at radius 2 is 1.81 bits per heavy atom. The first-order valence-corrected chi connectivity index (χ1v) is 11.5. The highest BCUT2D eigenvalue weighted by Crippen LogP contribution is 2.43. The molecule has 6 nitrogen and oxygen atoms in total. The van der Waals surface area contributed by atoms with Gasteiger partial charge in [-0.2, -0.15) is 13.2 Å². The van der Waals surface area contributed by atoms with Crippen molar-refractivity contribution >= 4 is 29.1 Å². The lowest BCUT2D eigenvalue weighted by Gasteiger charge is -2.40. The maximum atomic E-state index is 13.7. The van der Waals surface area contributed by atoms with Gasteiger partial charge in [-0.25, -0.2) is 4.98 Å². The zero-order valence-corrected chi connectivity index (χ0v) is 18.3. The summed E-state index contributed by atoms with van der Waals surface area (Å²) in [6.07, 6.45) is 3.89. The molecule has 0 spiro atoms. The molecule has 1 saturated heterocycles. The Kier molecular flexibility index (Phi) is 5.34. The van der Waals surface area contributed by atoms with Gasteiger partial charge in [-0.15, -0.1) is 0 Å². The van der Waals surface area contributed by atoms with Crippen molar-refractivity contribution in [1.29, 1.82) is 0 Å². The lowest BCUT2D eigenvalue weighted by molar-refractivity contribution is -0.138. The Morgan fingerprint density at radius 3 is 2.44 bits per heavy atom. The molecule has 2 aliphatic carbocycles. The molecule has 3 heterocycles. The number of halogens is 4. The van der Waals surface area contributed by atoms with Gasteiger partial charge in [-0.1, -0.05) is 30.9 Å². The summed E-state index contributed by atoms with van der Waals surface area (Å²) in [5, 5.41) is -0.153. The van der Waals surface area contributed by atoms with Gasteiger partial charge in [0.25, 0.3) is 5.91 Å². The molecule has 10 heteroatoms. The van der Waals surface area contributed by atoms with Crippen molar-refractivity contribution in [3.05, 3.63) is 34.2 Å². The minimum absolute atomic E-state index is 0.0728. The van der Waals surface area contributed by atoms with Crippen molar-refractivity contribution in [2.45, 2.75) is 63.1 Å². The molecule has 0 bridgehead atoms. The number of aromatic nitrogens is 2. The minimum Gasteiger partial charge on any atom is -0.336 e. The molecule has 5 rings (SSSR count). The smallest absolute Gasteiger partial charge is 0.336 e. The van der Waals surface area contributed by atoms with Crippen LogP contribution in [-0.2, 0) is 11.0 Å². The van der Waals surface area contributed by atoms with E-state index in [0.717, 1.165) is 49.0 Å². The van der Waals surface area contributed by atoms with Crippen LogP contribution in [0.25, 0.3) is 5.65 Å². The van der Waals surface area contributed by atoms with Gasteiger partial charge < -0.3 is 9.80 Å². The first-order chi connectivity index (χ1) is 15.2. The third-order valence-electron chi connectivity index (χ3n) is 6.80. The fraction of sp³-hybridized carbons (Fsp3) is 0.591. The molecule has 0 atom stereocenters. The normalized spacial score (nSPS) is 20.9. The van der Waals surface area contributed by atoms with Gasteiger partial charge in [0.15, 0.2) is 11.3 Å². The standard InChI is InChI=1S/C22H24ClF3N4O2/c23-19-18(21(32)28-8-9-29(17(31)12-28)15-4-2-1-3-5-15)27-20-16(22(24,25)26)10-14(11-30(19)20)13-6-7-13/h10-11,13,15H,1-9,12H2. The summed E-state index contributed by atoms with van der Waals surface area (Å²) in [6.45, 7) is 0.615. The first kappa shape index (κ1) is 21.6. The van der Waals surface area contributed by atoms with Gasteiger partial charge in [0.2, 0.25) is 5.91 Å². The lowest BCUT2D eigenvalue weighted by atomic mass is 9.93. The summed E-state index contributed by atoms with van der Waals surface area (Å²) in [5.74, 6) is -0.677. The van der Waals surface area contributed by atoms with E-state index >= 15 is 0 Å². The maximum Gasteiger partial charge on any atom is 0.419 e. The van der Waals surface area contributed by atoms with Crippen molar-refractivity contribution in [3.8, 4) is 0 Å². The number of nitrogens with zero attached hydrogens (tertiary/aromatic N) is 4. The second-order valence-electron chi connectivity index (χ2n) is 9.01. The van der Waals surface area contributed by atoms with Crippen LogP contribution in [0.3, 0.4) is 0 Å². The number of fused-ring (bicyclic) bond motifs is 1. The number of piperazine rings is 1. The third-order valence-corrected chi connectivity index (χ3v) is 7.16. The number of amides is 2. The Balaban J connectivity index is 1.43. The Labute approximate surface area is 188 Å². The second-order valence-corrected chi connectivity index (χ2v) is 9.37. The summed E-state index contributed by atoms with van der Waals surface area (Å²) in [6, 6.07) is 1.32. The third kappa shape index (κ3) is 3.84. The molecule has 2 saturated carbocycles. The average Bonchev–Trinajstić information content (AvgIpc) is 3.56.